The van der Waals surface area contributed by atoms with Crippen LogP contribution in [0.3, 0.4) is 0 Å². The molecule has 8 heteroatoms. The largest absolute Gasteiger partial charge is 0.744 e. The van der Waals surface area contributed by atoms with Crippen LogP contribution in [0.25, 0.3) is 0 Å². The summed E-state index contributed by atoms with van der Waals surface area (Å²) >= 11 is 0. The highest BCUT2D eigenvalue weighted by Gasteiger charge is 2.31. The molecule has 1 atom stereocenters. The van der Waals surface area contributed by atoms with E-state index in [0.717, 1.165) is 13.0 Å². The van der Waals surface area contributed by atoms with E-state index in [4.69, 9.17) is 11.5 Å². The maximum absolute atomic E-state index is 12.2. The first-order valence-electron chi connectivity index (χ1n) is 8.48. The van der Waals surface area contributed by atoms with Gasteiger partial charge in [-0.15, -0.1) is 0 Å². The predicted octanol–water partition coefficient (Wildman–Crippen LogP) is 1.17. The van der Waals surface area contributed by atoms with Gasteiger partial charge in [-0.1, -0.05) is 48.5 Å². The second-order valence-electron chi connectivity index (χ2n) is 6.59. The van der Waals surface area contributed by atoms with Crippen molar-refractivity contribution < 1.29 is 22.2 Å². The van der Waals surface area contributed by atoms with Crippen LogP contribution in [-0.4, -0.2) is 56.6 Å². The van der Waals surface area contributed by atoms with Gasteiger partial charge >= 0.3 is 0 Å². The standard InChI is InChI=1S/C13H22N3O.C6H6O3S/c1-16(2,10-6-9-14)13(15)12(17)11-7-4-3-5-8-11;7-10(8,9)6-4-2-1-3-5-6/h3-5,7-8,13H,6,9-10,14-15H2,1-2H3;1-5H,(H,7,8,9)/q+1;/p-1. The molecule has 148 valence electrons. The lowest BCUT2D eigenvalue weighted by molar-refractivity contribution is -0.905. The first-order valence-corrected chi connectivity index (χ1v) is 9.89. The van der Waals surface area contributed by atoms with E-state index in [2.05, 4.69) is 0 Å². The molecule has 0 radical (unpaired) electrons. The molecule has 0 aliphatic carbocycles. The lowest BCUT2D eigenvalue weighted by Crippen LogP contribution is -2.58. The van der Waals surface area contributed by atoms with Crippen molar-refractivity contribution in [2.75, 3.05) is 27.2 Å². The minimum absolute atomic E-state index is 0.0207. The summed E-state index contributed by atoms with van der Waals surface area (Å²) in [5, 5.41) is 0. The van der Waals surface area contributed by atoms with Crippen LogP contribution in [0.1, 0.15) is 16.8 Å². The van der Waals surface area contributed by atoms with Gasteiger partial charge in [0.15, 0.2) is 0 Å². The molecule has 0 aromatic heterocycles. The van der Waals surface area contributed by atoms with E-state index in [1.807, 2.05) is 32.3 Å². The zero-order chi connectivity index (χ0) is 20.5. The summed E-state index contributed by atoms with van der Waals surface area (Å²) in [5.74, 6) is -0.0207. The molecule has 2 aromatic rings. The first kappa shape index (κ1) is 22.9. The molecule has 7 nitrogen and oxygen atoms in total. The van der Waals surface area contributed by atoms with E-state index in [0.29, 0.717) is 16.6 Å². The van der Waals surface area contributed by atoms with Crippen LogP contribution in [0.2, 0.25) is 0 Å². The summed E-state index contributed by atoms with van der Waals surface area (Å²) in [4.78, 5) is 12.0. The Morgan fingerprint density at radius 1 is 1.04 bits per heavy atom. The number of likely N-dealkylation sites (N-methyl/N-ethyl adjacent to an activating group) is 1. The van der Waals surface area contributed by atoms with Crippen molar-refractivity contribution in [3.63, 3.8) is 0 Å². The van der Waals surface area contributed by atoms with Crippen molar-refractivity contribution in [3.05, 3.63) is 66.2 Å². The average molecular weight is 394 g/mol. The summed E-state index contributed by atoms with van der Waals surface area (Å²) in [6, 6.07) is 16.4. The molecule has 0 saturated heterocycles. The Bertz CT molecular complexity index is 809. The van der Waals surface area contributed by atoms with Gasteiger partial charge in [0.25, 0.3) is 0 Å². The highest BCUT2D eigenvalue weighted by Crippen LogP contribution is 2.10. The number of Topliss-reactive ketones (excluding diaryl/α,β-unsaturated/α-hetero) is 1. The molecule has 0 aliphatic heterocycles. The minimum Gasteiger partial charge on any atom is -0.744 e. The maximum atomic E-state index is 12.2. The Balaban J connectivity index is 0.000000309. The molecular weight excluding hydrogens is 366 g/mol. The molecule has 0 bridgehead atoms. The number of carbonyl (C=O) groups is 1. The SMILES string of the molecule is C[N+](C)(CCCN)C(N)C(=O)c1ccccc1.O=S(=O)([O-])c1ccccc1. The normalized spacial score (nSPS) is 12.6. The monoisotopic (exact) mass is 393 g/mol. The third-order valence-corrected chi connectivity index (χ3v) is 4.90. The number of nitrogens with zero attached hydrogens (tertiary/aromatic N) is 1. The van der Waals surface area contributed by atoms with Gasteiger partial charge in [-0.05, 0) is 18.7 Å². The van der Waals surface area contributed by atoms with Crippen LogP contribution in [-0.2, 0) is 10.1 Å². The van der Waals surface area contributed by atoms with E-state index in [1.54, 1.807) is 18.2 Å². The van der Waals surface area contributed by atoms with Crippen molar-refractivity contribution in [3.8, 4) is 0 Å². The second kappa shape index (κ2) is 10.3. The smallest absolute Gasteiger partial charge is 0.235 e. The molecule has 0 saturated carbocycles. The molecule has 0 aliphatic rings. The van der Waals surface area contributed by atoms with E-state index < -0.39 is 16.3 Å². The van der Waals surface area contributed by atoms with Gasteiger partial charge in [0.05, 0.1) is 25.5 Å². The quantitative estimate of drug-likeness (QED) is 0.315. The fraction of sp³-hybridized carbons (Fsp3) is 0.316. The van der Waals surface area contributed by atoms with Crippen LogP contribution in [0.4, 0.5) is 0 Å². The van der Waals surface area contributed by atoms with Gasteiger partial charge < -0.3 is 14.8 Å². The number of quaternary nitrogens is 1. The topological polar surface area (TPSA) is 126 Å². The zero-order valence-electron chi connectivity index (χ0n) is 15.6. The van der Waals surface area contributed by atoms with Crippen molar-refractivity contribution in [1.82, 2.24) is 0 Å². The average Bonchev–Trinajstić information content (AvgIpc) is 2.66. The maximum Gasteiger partial charge on any atom is 0.235 e. The number of rotatable bonds is 7. The summed E-state index contributed by atoms with van der Waals surface area (Å²) < 4.78 is 31.3. The third kappa shape index (κ3) is 7.58. The first-order chi connectivity index (χ1) is 12.6. The molecule has 4 N–H and O–H groups in total. The van der Waals surface area contributed by atoms with Crippen molar-refractivity contribution in [1.29, 1.82) is 0 Å². The van der Waals surface area contributed by atoms with Crippen molar-refractivity contribution in [2.45, 2.75) is 17.5 Å². The number of carbonyl (C=O) groups excluding carboxylic acids is 1. The molecule has 0 spiro atoms. The van der Waals surface area contributed by atoms with Gasteiger partial charge in [0.2, 0.25) is 11.9 Å². The Labute approximate surface area is 160 Å². The molecule has 27 heavy (non-hydrogen) atoms. The Morgan fingerprint density at radius 2 is 1.52 bits per heavy atom. The number of benzene rings is 2. The fourth-order valence-electron chi connectivity index (χ4n) is 2.32. The number of hydrogen-bond acceptors (Lipinski definition) is 6. The van der Waals surface area contributed by atoms with Crippen LogP contribution in [0, 0.1) is 0 Å². The molecular formula is C19H27N3O4S. The molecule has 2 aromatic carbocycles. The summed E-state index contributed by atoms with van der Waals surface area (Å²) in [7, 11) is -0.334. The number of nitrogens with two attached hydrogens (primary N) is 2. The zero-order valence-corrected chi connectivity index (χ0v) is 16.4. The number of hydrogen-bond donors (Lipinski definition) is 2. The Hall–Kier alpha value is -2.10. The lowest BCUT2D eigenvalue weighted by Gasteiger charge is -2.34. The lowest BCUT2D eigenvalue weighted by atomic mass is 10.1. The van der Waals surface area contributed by atoms with Crippen LogP contribution in [0.15, 0.2) is 65.6 Å². The summed E-state index contributed by atoms with van der Waals surface area (Å²) in [6.45, 7) is 1.42. The minimum atomic E-state index is -4.25. The number of ketones is 1. The molecule has 0 heterocycles. The van der Waals surface area contributed by atoms with Gasteiger partial charge in [0, 0.05) is 12.0 Å². The van der Waals surface area contributed by atoms with E-state index in [-0.39, 0.29) is 10.7 Å². The molecule has 2 rings (SSSR count). The third-order valence-electron chi connectivity index (χ3n) is 4.05. The highest BCUT2D eigenvalue weighted by atomic mass is 32.2. The Morgan fingerprint density at radius 3 is 1.93 bits per heavy atom. The van der Waals surface area contributed by atoms with Gasteiger partial charge in [0.1, 0.15) is 10.1 Å². The molecule has 0 amide bonds. The predicted molar refractivity (Wildman–Crippen MR) is 104 cm³/mol. The van der Waals surface area contributed by atoms with Gasteiger partial charge in [-0.3, -0.25) is 10.5 Å². The highest BCUT2D eigenvalue weighted by molar-refractivity contribution is 7.85. The van der Waals surface area contributed by atoms with E-state index in [9.17, 15) is 17.8 Å². The molecule has 1 unspecified atom stereocenters. The van der Waals surface area contributed by atoms with Gasteiger partial charge in [-0.2, -0.15) is 0 Å². The second-order valence-corrected chi connectivity index (χ2v) is 7.97. The van der Waals surface area contributed by atoms with Crippen molar-refractivity contribution >= 4 is 15.9 Å². The van der Waals surface area contributed by atoms with Crippen LogP contribution >= 0.6 is 0 Å². The van der Waals surface area contributed by atoms with Crippen molar-refractivity contribution in [2.24, 2.45) is 11.5 Å². The summed E-state index contributed by atoms with van der Waals surface area (Å²) in [6.07, 6.45) is 0.326. The van der Waals surface area contributed by atoms with Crippen LogP contribution in [0.5, 0.6) is 0 Å². The summed E-state index contributed by atoms with van der Waals surface area (Å²) in [5.41, 5.74) is 12.2. The Kier molecular flexibility index (Phi) is 8.74. The van der Waals surface area contributed by atoms with Crippen LogP contribution < -0.4 is 11.5 Å². The van der Waals surface area contributed by atoms with E-state index in [1.165, 1.54) is 24.3 Å². The van der Waals surface area contributed by atoms with E-state index >= 15 is 0 Å². The molecule has 0 fully saturated rings. The fourth-order valence-corrected chi connectivity index (χ4v) is 2.81. The van der Waals surface area contributed by atoms with Gasteiger partial charge in [-0.25, -0.2) is 8.42 Å².